The zero-order valence-corrected chi connectivity index (χ0v) is 4.99. The largest absolute Gasteiger partial charge is 0.432 e. The third-order valence-corrected chi connectivity index (χ3v) is 1.50. The fraction of sp³-hybridized carbons (Fsp3) is 1.00. The molecule has 0 aliphatic carbocycles. The summed E-state index contributed by atoms with van der Waals surface area (Å²) < 4.78 is 16.1. The molecule has 0 saturated heterocycles. The van der Waals surface area contributed by atoms with Gasteiger partial charge in [0.05, 0.1) is 0 Å². The highest BCUT2D eigenvalue weighted by Gasteiger charge is 2.03. The molecular formula is C3H8FOSi. The van der Waals surface area contributed by atoms with Crippen LogP contribution in [0.2, 0.25) is 6.04 Å². The van der Waals surface area contributed by atoms with Gasteiger partial charge in [-0.05, 0) is 6.04 Å². The molecular weight excluding hydrogens is 99.1 g/mol. The van der Waals surface area contributed by atoms with Gasteiger partial charge in [-0.1, -0.05) is 6.92 Å². The van der Waals surface area contributed by atoms with E-state index in [0.29, 0.717) is 6.04 Å². The van der Waals surface area contributed by atoms with Crippen LogP contribution in [0.25, 0.3) is 0 Å². The maximum Gasteiger partial charge on any atom is 0.432 e. The van der Waals surface area contributed by atoms with Gasteiger partial charge in [0, 0.05) is 7.11 Å². The van der Waals surface area contributed by atoms with E-state index in [9.17, 15) is 4.11 Å². The van der Waals surface area contributed by atoms with Crippen LogP contribution in [0.1, 0.15) is 6.92 Å². The zero-order valence-electron chi connectivity index (χ0n) is 3.99. The van der Waals surface area contributed by atoms with Crippen molar-refractivity contribution in [3.63, 3.8) is 0 Å². The Morgan fingerprint density at radius 2 is 2.33 bits per heavy atom. The fourth-order valence-electron chi connectivity index (χ4n) is 0.144. The van der Waals surface area contributed by atoms with Crippen LogP contribution in [0.4, 0.5) is 4.11 Å². The Morgan fingerprint density at radius 3 is 2.33 bits per heavy atom. The van der Waals surface area contributed by atoms with Crippen molar-refractivity contribution in [2.24, 2.45) is 0 Å². The Hall–Kier alpha value is 0.107. The second kappa shape index (κ2) is 3.30. The van der Waals surface area contributed by atoms with Gasteiger partial charge in [-0.2, -0.15) is 0 Å². The molecule has 0 aromatic rings. The van der Waals surface area contributed by atoms with Crippen molar-refractivity contribution in [1.29, 1.82) is 0 Å². The molecule has 0 aliphatic rings. The summed E-state index contributed by atoms with van der Waals surface area (Å²) >= 11 is 0. The SMILES string of the molecule is CC[Si](F)OC. The quantitative estimate of drug-likeness (QED) is 0.379. The molecule has 0 N–H and O–H groups in total. The van der Waals surface area contributed by atoms with Crippen molar-refractivity contribution in [2.75, 3.05) is 7.11 Å². The third kappa shape index (κ3) is 2.35. The Balaban J connectivity index is 2.75. The molecule has 1 nitrogen and oxygen atoms in total. The lowest BCUT2D eigenvalue weighted by atomic mass is 11.0. The van der Waals surface area contributed by atoms with Crippen LogP contribution in [-0.2, 0) is 4.43 Å². The highest BCUT2D eigenvalue weighted by atomic mass is 28.3. The topological polar surface area (TPSA) is 9.23 Å². The van der Waals surface area contributed by atoms with Crippen molar-refractivity contribution in [1.82, 2.24) is 0 Å². The van der Waals surface area contributed by atoms with E-state index in [1.165, 1.54) is 7.11 Å². The highest BCUT2D eigenvalue weighted by molar-refractivity contribution is 6.43. The summed E-state index contributed by atoms with van der Waals surface area (Å²) in [5.41, 5.74) is 0. The number of rotatable bonds is 2. The van der Waals surface area contributed by atoms with Crippen molar-refractivity contribution in [3.8, 4) is 0 Å². The minimum Gasteiger partial charge on any atom is -0.394 e. The van der Waals surface area contributed by atoms with Gasteiger partial charge in [0.2, 0.25) is 0 Å². The lowest BCUT2D eigenvalue weighted by Crippen LogP contribution is -2.04. The standard InChI is InChI=1S/C3H8FOSi/c1-3-6(4)5-2/h3H2,1-2H3. The van der Waals surface area contributed by atoms with Crippen molar-refractivity contribution in [2.45, 2.75) is 13.0 Å². The minimum absolute atomic E-state index is 0.543. The minimum atomic E-state index is -1.87. The predicted molar refractivity (Wildman–Crippen MR) is 24.4 cm³/mol. The van der Waals surface area contributed by atoms with Gasteiger partial charge >= 0.3 is 9.37 Å². The molecule has 0 bridgehead atoms. The second-order valence-corrected chi connectivity index (χ2v) is 2.74. The number of hydrogen-bond donors (Lipinski definition) is 0. The molecule has 0 aromatic carbocycles. The van der Waals surface area contributed by atoms with E-state index < -0.39 is 9.37 Å². The van der Waals surface area contributed by atoms with Crippen molar-refractivity contribution in [3.05, 3.63) is 0 Å². The molecule has 37 valence electrons. The Bertz CT molecular complexity index is 30.0. The first-order chi connectivity index (χ1) is 2.81. The normalized spacial score (nSPS) is 10.0. The van der Waals surface area contributed by atoms with Crippen LogP contribution < -0.4 is 0 Å². The summed E-state index contributed by atoms with van der Waals surface area (Å²) in [5, 5.41) is 0. The van der Waals surface area contributed by atoms with E-state index in [0.717, 1.165) is 0 Å². The van der Waals surface area contributed by atoms with Gasteiger partial charge in [0.15, 0.2) is 0 Å². The third-order valence-electron chi connectivity index (χ3n) is 0.499. The van der Waals surface area contributed by atoms with Crippen LogP contribution in [-0.4, -0.2) is 16.5 Å². The first-order valence-corrected chi connectivity index (χ1v) is 3.36. The molecule has 0 aliphatic heterocycles. The van der Waals surface area contributed by atoms with Crippen LogP contribution in [0.5, 0.6) is 0 Å². The maximum absolute atomic E-state index is 11.7. The average molecular weight is 107 g/mol. The summed E-state index contributed by atoms with van der Waals surface area (Å²) in [4.78, 5) is 0. The van der Waals surface area contributed by atoms with Crippen molar-refractivity contribution < 1.29 is 8.53 Å². The molecule has 6 heavy (non-hydrogen) atoms. The van der Waals surface area contributed by atoms with Crippen LogP contribution in [0, 0.1) is 0 Å². The summed E-state index contributed by atoms with van der Waals surface area (Å²) in [5.74, 6) is 0. The molecule has 0 rings (SSSR count). The van der Waals surface area contributed by atoms with Gasteiger partial charge in [-0.25, -0.2) is 0 Å². The number of hydrogen-bond acceptors (Lipinski definition) is 1. The molecule has 0 spiro atoms. The zero-order chi connectivity index (χ0) is 4.99. The van der Waals surface area contributed by atoms with Crippen LogP contribution in [0.3, 0.4) is 0 Å². The first kappa shape index (κ1) is 6.11. The molecule has 0 heterocycles. The van der Waals surface area contributed by atoms with Gasteiger partial charge in [0.25, 0.3) is 0 Å². The smallest absolute Gasteiger partial charge is 0.394 e. The molecule has 0 saturated carbocycles. The van der Waals surface area contributed by atoms with Crippen molar-refractivity contribution >= 4 is 9.37 Å². The molecule has 0 unspecified atom stereocenters. The second-order valence-electron chi connectivity index (χ2n) is 0.913. The van der Waals surface area contributed by atoms with E-state index in [4.69, 9.17) is 0 Å². The molecule has 1 radical (unpaired) electrons. The van der Waals surface area contributed by atoms with Gasteiger partial charge in [0.1, 0.15) is 0 Å². The van der Waals surface area contributed by atoms with Gasteiger partial charge < -0.3 is 4.43 Å². The lowest BCUT2D eigenvalue weighted by molar-refractivity contribution is 0.377. The number of halogens is 1. The van der Waals surface area contributed by atoms with E-state index in [1.54, 1.807) is 6.92 Å². The summed E-state index contributed by atoms with van der Waals surface area (Å²) in [6.45, 7) is 1.78. The van der Waals surface area contributed by atoms with Crippen LogP contribution in [0.15, 0.2) is 0 Å². The van der Waals surface area contributed by atoms with Gasteiger partial charge in [-0.3, -0.25) is 4.11 Å². The highest BCUT2D eigenvalue weighted by Crippen LogP contribution is 1.89. The Morgan fingerprint density at radius 1 is 1.83 bits per heavy atom. The van der Waals surface area contributed by atoms with E-state index >= 15 is 0 Å². The maximum atomic E-state index is 11.7. The predicted octanol–water partition coefficient (Wildman–Crippen LogP) is 1.11. The first-order valence-electron chi connectivity index (χ1n) is 1.86. The summed E-state index contributed by atoms with van der Waals surface area (Å²) in [6, 6.07) is 0.543. The lowest BCUT2D eigenvalue weighted by Gasteiger charge is -1.91. The van der Waals surface area contributed by atoms with Crippen LogP contribution >= 0.6 is 0 Å². The van der Waals surface area contributed by atoms with Gasteiger partial charge in [-0.15, -0.1) is 0 Å². The molecule has 0 atom stereocenters. The van der Waals surface area contributed by atoms with E-state index in [1.807, 2.05) is 0 Å². The molecule has 0 aromatic heterocycles. The molecule has 0 amide bonds. The fourth-order valence-corrected chi connectivity index (χ4v) is 0.433. The monoisotopic (exact) mass is 107 g/mol. The molecule has 0 fully saturated rings. The van der Waals surface area contributed by atoms with E-state index in [2.05, 4.69) is 4.43 Å². The van der Waals surface area contributed by atoms with E-state index in [-0.39, 0.29) is 0 Å². The average Bonchev–Trinajstić information content (AvgIpc) is 1.65. The molecule has 3 heteroatoms. The Kier molecular flexibility index (Phi) is 3.36. The summed E-state index contributed by atoms with van der Waals surface area (Å²) in [6.07, 6.45) is 0. The summed E-state index contributed by atoms with van der Waals surface area (Å²) in [7, 11) is -0.468. The Labute approximate surface area is 39.0 Å².